The molecule has 3 amide bonds. The van der Waals surface area contributed by atoms with Crippen molar-refractivity contribution in [3.8, 4) is 0 Å². The van der Waals surface area contributed by atoms with Crippen molar-refractivity contribution in [2.45, 2.75) is 25.0 Å². The highest BCUT2D eigenvalue weighted by Crippen LogP contribution is 2.26. The van der Waals surface area contributed by atoms with Crippen LogP contribution < -0.4 is 0 Å². The molecule has 26 heavy (non-hydrogen) atoms. The smallest absolute Gasteiger partial charge is 0.408 e. The van der Waals surface area contributed by atoms with Crippen molar-refractivity contribution in [2.24, 2.45) is 0 Å². The van der Waals surface area contributed by atoms with Gasteiger partial charge in [0.05, 0.1) is 19.2 Å². The molecular weight excluding hydrogens is 338 g/mol. The van der Waals surface area contributed by atoms with E-state index in [0.29, 0.717) is 32.7 Å². The molecule has 1 aromatic carbocycles. The molecule has 2 atom stereocenters. The predicted octanol–water partition coefficient (Wildman–Crippen LogP) is 0.161. The van der Waals surface area contributed by atoms with Crippen molar-refractivity contribution in [1.82, 2.24) is 14.7 Å². The zero-order chi connectivity index (χ0) is 18.3. The first kappa shape index (κ1) is 16.8. The van der Waals surface area contributed by atoms with E-state index >= 15 is 0 Å². The molecule has 8 nitrogen and oxygen atoms in total. The summed E-state index contributed by atoms with van der Waals surface area (Å²) in [6.45, 7) is 1.99. The Kier molecular flexibility index (Phi) is 4.28. The predicted molar refractivity (Wildman–Crippen MR) is 90.4 cm³/mol. The first-order chi connectivity index (χ1) is 12.5. The number of carbonyl (C=O) groups excluding carboxylic acids is 2. The molecule has 0 unspecified atom stereocenters. The van der Waals surface area contributed by atoms with Crippen molar-refractivity contribution >= 4 is 17.9 Å². The van der Waals surface area contributed by atoms with Gasteiger partial charge in [-0.05, 0) is 11.1 Å². The molecule has 0 aromatic heterocycles. The van der Waals surface area contributed by atoms with Gasteiger partial charge in [0.1, 0.15) is 12.6 Å². The summed E-state index contributed by atoms with van der Waals surface area (Å²) in [7, 11) is 0. The van der Waals surface area contributed by atoms with E-state index in [9.17, 15) is 19.5 Å². The fourth-order valence-electron chi connectivity index (χ4n) is 4.05. The average Bonchev–Trinajstić information content (AvgIpc) is 2.66. The van der Waals surface area contributed by atoms with Crippen LogP contribution in [-0.4, -0.2) is 82.6 Å². The molecule has 3 aliphatic rings. The number of carbonyl (C=O) groups is 3. The maximum absolute atomic E-state index is 13.1. The number of hydrogen-bond acceptors (Lipinski definition) is 4. The summed E-state index contributed by atoms with van der Waals surface area (Å²) in [5, 5.41) is 9.59. The third-order valence-electron chi connectivity index (χ3n) is 5.43. The molecule has 0 aliphatic carbocycles. The highest BCUT2D eigenvalue weighted by molar-refractivity contribution is 5.87. The quantitative estimate of drug-likeness (QED) is 0.771. The summed E-state index contributed by atoms with van der Waals surface area (Å²) < 4.78 is 5.30. The zero-order valence-electron chi connectivity index (χ0n) is 14.3. The molecule has 0 saturated carbocycles. The number of nitrogens with zero attached hydrogens (tertiary/aromatic N) is 3. The van der Waals surface area contributed by atoms with Gasteiger partial charge in [-0.15, -0.1) is 0 Å². The highest BCUT2D eigenvalue weighted by atomic mass is 16.5. The second-order valence-corrected chi connectivity index (χ2v) is 6.94. The first-order valence-electron chi connectivity index (χ1n) is 8.77. The van der Waals surface area contributed by atoms with Crippen LogP contribution in [0.2, 0.25) is 0 Å². The van der Waals surface area contributed by atoms with E-state index in [1.54, 1.807) is 9.80 Å². The van der Waals surface area contributed by atoms with Crippen LogP contribution in [-0.2, 0) is 27.3 Å². The average molecular weight is 359 g/mol. The Morgan fingerprint density at radius 1 is 1.15 bits per heavy atom. The van der Waals surface area contributed by atoms with Crippen LogP contribution in [0.1, 0.15) is 11.1 Å². The lowest BCUT2D eigenvalue weighted by Crippen LogP contribution is -2.63. The molecule has 1 N–H and O–H groups in total. The molecule has 4 rings (SSSR count). The second-order valence-electron chi connectivity index (χ2n) is 6.94. The fourth-order valence-corrected chi connectivity index (χ4v) is 4.05. The Hall–Kier alpha value is -2.61. The lowest BCUT2D eigenvalue weighted by atomic mass is 9.93. The number of piperazine rings is 1. The fraction of sp³-hybridized carbons (Fsp3) is 0.500. The van der Waals surface area contributed by atoms with Gasteiger partial charge in [-0.25, -0.2) is 4.79 Å². The molecule has 0 spiro atoms. The van der Waals surface area contributed by atoms with Gasteiger partial charge in [0, 0.05) is 26.1 Å². The van der Waals surface area contributed by atoms with Crippen molar-refractivity contribution < 1.29 is 24.2 Å². The van der Waals surface area contributed by atoms with Crippen molar-refractivity contribution in [3.63, 3.8) is 0 Å². The van der Waals surface area contributed by atoms with Gasteiger partial charge >= 0.3 is 6.09 Å². The second kappa shape index (κ2) is 6.60. The Bertz CT molecular complexity index is 752. The van der Waals surface area contributed by atoms with Crippen LogP contribution >= 0.6 is 0 Å². The third kappa shape index (κ3) is 2.90. The highest BCUT2D eigenvalue weighted by Gasteiger charge is 2.41. The minimum Gasteiger partial charge on any atom is -0.465 e. The number of rotatable bonds is 1. The lowest BCUT2D eigenvalue weighted by molar-refractivity contribution is -0.158. The molecule has 0 radical (unpaired) electrons. The maximum atomic E-state index is 13.1. The third-order valence-corrected chi connectivity index (χ3v) is 5.43. The normalized spacial score (nSPS) is 25.5. The van der Waals surface area contributed by atoms with Crippen molar-refractivity contribution in [3.05, 3.63) is 35.4 Å². The lowest BCUT2D eigenvalue weighted by Gasteiger charge is -2.45. The van der Waals surface area contributed by atoms with E-state index in [1.165, 1.54) is 4.90 Å². The molecular formula is C18H21N3O5. The summed E-state index contributed by atoms with van der Waals surface area (Å²) in [5.74, 6) is -0.244. The molecule has 138 valence electrons. The number of benzene rings is 1. The van der Waals surface area contributed by atoms with Crippen molar-refractivity contribution in [1.29, 1.82) is 0 Å². The summed E-state index contributed by atoms with van der Waals surface area (Å²) in [4.78, 5) is 41.4. The van der Waals surface area contributed by atoms with Gasteiger partial charge in [-0.1, -0.05) is 24.3 Å². The number of hydrogen-bond donors (Lipinski definition) is 1. The standard InChI is InChI=1S/C18H21N3O5/c22-16-11-26-10-14-9-19(5-6-20(14)16)17(23)15-7-12-3-1-2-4-13(12)8-21(15)18(24)25/h1-4,14-15H,5-11H2,(H,24,25)/t14-,15+/m1/s1. The van der Waals surface area contributed by atoms with Crippen LogP contribution in [0.3, 0.4) is 0 Å². The number of fused-ring (bicyclic) bond motifs is 2. The Labute approximate surface area is 150 Å². The van der Waals surface area contributed by atoms with Gasteiger partial charge in [-0.3, -0.25) is 14.5 Å². The van der Waals surface area contributed by atoms with Gasteiger partial charge in [0.2, 0.25) is 11.8 Å². The summed E-state index contributed by atoms with van der Waals surface area (Å²) in [6.07, 6.45) is -0.714. The molecule has 2 fully saturated rings. The molecule has 0 bridgehead atoms. The SMILES string of the molecule is O=C([C@@H]1Cc2ccccc2CN1C(=O)O)N1CCN2C(=O)COC[C@H]2C1. The van der Waals surface area contributed by atoms with Gasteiger partial charge < -0.3 is 19.6 Å². The van der Waals surface area contributed by atoms with E-state index in [0.717, 1.165) is 11.1 Å². The number of carboxylic acid groups (broad SMARTS) is 1. The van der Waals surface area contributed by atoms with Crippen LogP contribution in [0.15, 0.2) is 24.3 Å². The first-order valence-corrected chi connectivity index (χ1v) is 8.77. The Morgan fingerprint density at radius 2 is 1.92 bits per heavy atom. The minimum absolute atomic E-state index is 0.0490. The van der Waals surface area contributed by atoms with Gasteiger partial charge in [-0.2, -0.15) is 0 Å². The van der Waals surface area contributed by atoms with Gasteiger partial charge in [0.25, 0.3) is 0 Å². The Morgan fingerprint density at radius 3 is 2.69 bits per heavy atom. The van der Waals surface area contributed by atoms with E-state index in [-0.39, 0.29) is 31.0 Å². The maximum Gasteiger partial charge on any atom is 0.408 e. The molecule has 8 heteroatoms. The topological polar surface area (TPSA) is 90.4 Å². The van der Waals surface area contributed by atoms with Crippen LogP contribution in [0.4, 0.5) is 4.79 Å². The van der Waals surface area contributed by atoms with Crippen LogP contribution in [0, 0.1) is 0 Å². The van der Waals surface area contributed by atoms with E-state index in [2.05, 4.69) is 0 Å². The minimum atomic E-state index is -1.09. The molecule has 3 heterocycles. The summed E-state index contributed by atoms with van der Waals surface area (Å²) in [5.41, 5.74) is 1.95. The number of morpholine rings is 1. The van der Waals surface area contributed by atoms with Crippen molar-refractivity contribution in [2.75, 3.05) is 32.8 Å². The zero-order valence-corrected chi connectivity index (χ0v) is 14.3. The number of ether oxygens (including phenoxy) is 1. The summed E-state index contributed by atoms with van der Waals surface area (Å²) in [6, 6.07) is 6.74. The summed E-state index contributed by atoms with van der Waals surface area (Å²) >= 11 is 0. The monoisotopic (exact) mass is 359 g/mol. The Balaban J connectivity index is 1.53. The van der Waals surface area contributed by atoms with E-state index in [4.69, 9.17) is 4.74 Å². The molecule has 3 aliphatic heterocycles. The van der Waals surface area contributed by atoms with E-state index < -0.39 is 12.1 Å². The largest absolute Gasteiger partial charge is 0.465 e. The number of amides is 3. The van der Waals surface area contributed by atoms with Gasteiger partial charge in [0.15, 0.2) is 0 Å². The van der Waals surface area contributed by atoms with E-state index in [1.807, 2.05) is 24.3 Å². The molecule has 2 saturated heterocycles. The van der Waals surface area contributed by atoms with Crippen LogP contribution in [0.5, 0.6) is 0 Å². The van der Waals surface area contributed by atoms with Crippen LogP contribution in [0.25, 0.3) is 0 Å². The molecule has 1 aromatic rings.